The standard InChI is InChI=1S/C23H21N5O4S/c1-14(2)32-23(31)25-13-20(29)27-16-6-3-5-15(11-16)18-8-9-24-22-17(12-26-28(18)22)21(30)19-7-4-10-33-19/h3-12,14H,13H2,1-2H3,(H,25,31)(H,27,29). The van der Waals surface area contributed by atoms with E-state index in [2.05, 4.69) is 20.7 Å². The molecule has 1 aromatic carbocycles. The van der Waals surface area contributed by atoms with Crippen LogP contribution in [0.25, 0.3) is 16.9 Å². The van der Waals surface area contributed by atoms with Crippen LogP contribution in [0.15, 0.2) is 60.2 Å². The SMILES string of the molecule is CC(C)OC(=O)NCC(=O)Nc1cccc(-c2ccnc3c(C(=O)c4cccs4)cnn23)c1. The Morgan fingerprint density at radius 1 is 1.15 bits per heavy atom. The molecule has 0 spiro atoms. The van der Waals surface area contributed by atoms with E-state index in [9.17, 15) is 14.4 Å². The van der Waals surface area contributed by atoms with E-state index in [4.69, 9.17) is 4.74 Å². The number of fused-ring (bicyclic) bond motifs is 1. The number of hydrogen-bond donors (Lipinski definition) is 2. The maximum Gasteiger partial charge on any atom is 0.407 e. The molecular weight excluding hydrogens is 442 g/mol. The lowest BCUT2D eigenvalue weighted by molar-refractivity contribution is -0.115. The second kappa shape index (κ2) is 9.61. The molecule has 0 saturated heterocycles. The number of rotatable bonds is 7. The van der Waals surface area contributed by atoms with E-state index in [1.54, 1.807) is 54.9 Å². The zero-order valence-corrected chi connectivity index (χ0v) is 18.8. The Kier molecular flexibility index (Phi) is 6.45. The van der Waals surface area contributed by atoms with Gasteiger partial charge in [-0.2, -0.15) is 5.10 Å². The van der Waals surface area contributed by atoms with Gasteiger partial charge in [-0.3, -0.25) is 9.59 Å². The van der Waals surface area contributed by atoms with Crippen molar-refractivity contribution >= 4 is 40.5 Å². The Morgan fingerprint density at radius 2 is 2.00 bits per heavy atom. The molecule has 0 fully saturated rings. The van der Waals surface area contributed by atoms with Crippen LogP contribution >= 0.6 is 11.3 Å². The van der Waals surface area contributed by atoms with Gasteiger partial charge in [0.1, 0.15) is 6.54 Å². The van der Waals surface area contributed by atoms with Gasteiger partial charge in [-0.1, -0.05) is 18.2 Å². The summed E-state index contributed by atoms with van der Waals surface area (Å²) in [6.45, 7) is 3.23. The maximum absolute atomic E-state index is 12.8. The van der Waals surface area contributed by atoms with Gasteiger partial charge in [0.05, 0.1) is 28.4 Å². The molecule has 4 rings (SSSR count). The fraction of sp³-hybridized carbons (Fsp3) is 0.174. The Hall–Kier alpha value is -4.05. The van der Waals surface area contributed by atoms with Gasteiger partial charge < -0.3 is 15.4 Å². The minimum absolute atomic E-state index is 0.130. The first-order chi connectivity index (χ1) is 15.9. The van der Waals surface area contributed by atoms with Gasteiger partial charge in [0.15, 0.2) is 5.65 Å². The molecule has 0 aliphatic carbocycles. The second-order valence-corrected chi connectivity index (χ2v) is 8.31. The van der Waals surface area contributed by atoms with Gasteiger partial charge in [0.2, 0.25) is 11.7 Å². The van der Waals surface area contributed by atoms with Crippen molar-refractivity contribution in [1.29, 1.82) is 0 Å². The molecule has 10 heteroatoms. The molecule has 0 radical (unpaired) electrons. The Labute approximate surface area is 193 Å². The minimum atomic E-state index is -0.653. The summed E-state index contributed by atoms with van der Waals surface area (Å²) in [5.41, 5.74) is 2.89. The molecule has 0 aliphatic heterocycles. The number of carbonyl (C=O) groups is 3. The third-order valence-electron chi connectivity index (χ3n) is 4.57. The number of ketones is 1. The van der Waals surface area contributed by atoms with Crippen LogP contribution in [0, 0.1) is 0 Å². The molecule has 4 aromatic rings. The fourth-order valence-electron chi connectivity index (χ4n) is 3.18. The average molecular weight is 464 g/mol. The summed E-state index contributed by atoms with van der Waals surface area (Å²) < 4.78 is 6.54. The quantitative estimate of drug-likeness (QED) is 0.403. The monoisotopic (exact) mass is 463 g/mol. The molecule has 0 unspecified atom stereocenters. The van der Waals surface area contributed by atoms with E-state index in [0.29, 0.717) is 27.5 Å². The van der Waals surface area contributed by atoms with Crippen LogP contribution in [0.4, 0.5) is 10.5 Å². The van der Waals surface area contributed by atoms with Crippen LogP contribution in [-0.4, -0.2) is 45.0 Å². The van der Waals surface area contributed by atoms with Crippen LogP contribution in [0.5, 0.6) is 0 Å². The number of hydrogen-bond acceptors (Lipinski definition) is 7. The van der Waals surface area contributed by atoms with Gasteiger partial charge >= 0.3 is 6.09 Å². The fourth-order valence-corrected chi connectivity index (χ4v) is 3.86. The first-order valence-corrected chi connectivity index (χ1v) is 11.1. The van der Waals surface area contributed by atoms with Crippen molar-refractivity contribution < 1.29 is 19.1 Å². The number of benzene rings is 1. The summed E-state index contributed by atoms with van der Waals surface area (Å²) in [5, 5.41) is 11.4. The van der Waals surface area contributed by atoms with E-state index in [0.717, 1.165) is 5.56 Å². The molecule has 0 aliphatic rings. The highest BCUT2D eigenvalue weighted by Gasteiger charge is 2.18. The van der Waals surface area contributed by atoms with Crippen molar-refractivity contribution in [1.82, 2.24) is 19.9 Å². The number of alkyl carbamates (subject to hydrolysis) is 1. The predicted octanol–water partition coefficient (Wildman–Crippen LogP) is 3.76. The van der Waals surface area contributed by atoms with Crippen LogP contribution in [-0.2, 0) is 9.53 Å². The van der Waals surface area contributed by atoms with E-state index in [-0.39, 0.29) is 18.4 Å². The molecule has 0 saturated carbocycles. The topological polar surface area (TPSA) is 115 Å². The van der Waals surface area contributed by atoms with Crippen molar-refractivity contribution in [2.45, 2.75) is 20.0 Å². The number of nitrogens with zero attached hydrogens (tertiary/aromatic N) is 3. The number of thiophene rings is 1. The van der Waals surface area contributed by atoms with Crippen LogP contribution in [0.3, 0.4) is 0 Å². The first kappa shape index (κ1) is 22.2. The van der Waals surface area contributed by atoms with Gasteiger partial charge in [0, 0.05) is 17.4 Å². The number of aromatic nitrogens is 3. The highest BCUT2D eigenvalue weighted by atomic mass is 32.1. The molecule has 3 aromatic heterocycles. The van der Waals surface area contributed by atoms with Gasteiger partial charge in [0.25, 0.3) is 0 Å². The summed E-state index contributed by atoms with van der Waals surface area (Å²) in [6.07, 6.45) is 2.21. The average Bonchev–Trinajstić information content (AvgIpc) is 3.47. The van der Waals surface area contributed by atoms with Crippen LogP contribution in [0.2, 0.25) is 0 Å². The zero-order valence-electron chi connectivity index (χ0n) is 17.9. The van der Waals surface area contributed by atoms with Crippen molar-refractivity contribution in [2.24, 2.45) is 0 Å². The molecular formula is C23H21N5O4S. The second-order valence-electron chi connectivity index (χ2n) is 7.37. The Morgan fingerprint density at radius 3 is 2.76 bits per heavy atom. The minimum Gasteiger partial charge on any atom is -0.447 e. The molecule has 3 heterocycles. The molecule has 2 N–H and O–H groups in total. The number of ether oxygens (including phenoxy) is 1. The largest absolute Gasteiger partial charge is 0.447 e. The zero-order chi connectivity index (χ0) is 23.4. The summed E-state index contributed by atoms with van der Waals surface area (Å²) in [5.74, 6) is -0.523. The van der Waals surface area contributed by atoms with Crippen molar-refractivity contribution in [3.8, 4) is 11.3 Å². The molecule has 0 atom stereocenters. The highest BCUT2D eigenvalue weighted by Crippen LogP contribution is 2.25. The number of anilines is 1. The molecule has 33 heavy (non-hydrogen) atoms. The van der Waals surface area contributed by atoms with Crippen molar-refractivity contribution in [2.75, 3.05) is 11.9 Å². The number of nitrogens with one attached hydrogen (secondary N) is 2. The van der Waals surface area contributed by atoms with Crippen LogP contribution < -0.4 is 10.6 Å². The highest BCUT2D eigenvalue weighted by molar-refractivity contribution is 7.12. The lowest BCUT2D eigenvalue weighted by Gasteiger charge is -2.11. The molecule has 0 bridgehead atoms. The molecule has 2 amide bonds. The van der Waals surface area contributed by atoms with Gasteiger partial charge in [-0.15, -0.1) is 11.3 Å². The van der Waals surface area contributed by atoms with Gasteiger partial charge in [-0.05, 0) is 43.5 Å². The normalized spacial score (nSPS) is 10.9. The number of carbonyl (C=O) groups excluding carboxylic acids is 3. The van der Waals surface area contributed by atoms with E-state index >= 15 is 0 Å². The summed E-state index contributed by atoms with van der Waals surface area (Å²) in [6, 6.07) is 12.5. The summed E-state index contributed by atoms with van der Waals surface area (Å²) in [4.78, 5) is 41.5. The predicted molar refractivity (Wildman–Crippen MR) is 124 cm³/mol. The lowest BCUT2D eigenvalue weighted by atomic mass is 10.1. The van der Waals surface area contributed by atoms with Crippen LogP contribution in [0.1, 0.15) is 29.1 Å². The summed E-state index contributed by atoms with van der Waals surface area (Å²) in [7, 11) is 0. The molecule has 168 valence electrons. The van der Waals surface area contributed by atoms with Crippen molar-refractivity contribution in [3.63, 3.8) is 0 Å². The smallest absolute Gasteiger partial charge is 0.407 e. The molecule has 9 nitrogen and oxygen atoms in total. The maximum atomic E-state index is 12.8. The first-order valence-electron chi connectivity index (χ1n) is 10.2. The summed E-state index contributed by atoms with van der Waals surface area (Å²) >= 11 is 1.37. The Bertz CT molecular complexity index is 1310. The van der Waals surface area contributed by atoms with E-state index in [1.807, 2.05) is 17.5 Å². The van der Waals surface area contributed by atoms with Crippen molar-refractivity contribution in [3.05, 3.63) is 70.7 Å². The van der Waals surface area contributed by atoms with Gasteiger partial charge in [-0.25, -0.2) is 14.3 Å². The number of amides is 2. The third kappa shape index (κ3) is 5.07. The lowest BCUT2D eigenvalue weighted by Crippen LogP contribution is -2.34. The third-order valence-corrected chi connectivity index (χ3v) is 5.44. The van der Waals surface area contributed by atoms with E-state index < -0.39 is 12.0 Å². The van der Waals surface area contributed by atoms with E-state index in [1.165, 1.54) is 17.5 Å². The Balaban J connectivity index is 1.54.